The molecular weight excluding hydrogens is 505 g/mol. The maximum absolute atomic E-state index is 14.0. The highest BCUT2D eigenvalue weighted by molar-refractivity contribution is 14.0. The van der Waals surface area contributed by atoms with E-state index in [1.165, 1.54) is 18.2 Å². The molecule has 166 valence electrons. The van der Waals surface area contributed by atoms with Gasteiger partial charge in [0.15, 0.2) is 11.8 Å². The molecule has 30 heavy (non-hydrogen) atoms. The number of benzene rings is 1. The van der Waals surface area contributed by atoms with Gasteiger partial charge in [0.05, 0.1) is 0 Å². The Labute approximate surface area is 192 Å². The van der Waals surface area contributed by atoms with Crippen molar-refractivity contribution in [2.45, 2.75) is 45.1 Å². The highest BCUT2D eigenvalue weighted by Gasteiger charge is 2.27. The molecule has 0 radical (unpaired) electrons. The molecule has 1 aromatic heterocycles. The predicted octanol–water partition coefficient (Wildman–Crippen LogP) is 3.47. The van der Waals surface area contributed by atoms with Gasteiger partial charge in [-0.2, -0.15) is 4.98 Å². The molecule has 0 aliphatic carbocycles. The molecular formula is C20H29F2IN6O. The fourth-order valence-corrected chi connectivity index (χ4v) is 3.31. The van der Waals surface area contributed by atoms with E-state index in [0.717, 1.165) is 18.7 Å². The monoisotopic (exact) mass is 534 g/mol. The van der Waals surface area contributed by atoms with Gasteiger partial charge in [-0.1, -0.05) is 25.1 Å². The zero-order valence-electron chi connectivity index (χ0n) is 17.5. The third-order valence-corrected chi connectivity index (χ3v) is 4.87. The second-order valence-corrected chi connectivity index (χ2v) is 7.45. The number of aryl methyl sites for hydroxylation is 1. The third kappa shape index (κ3) is 6.26. The Hall–Kier alpha value is -1.98. The summed E-state index contributed by atoms with van der Waals surface area (Å²) in [6.45, 7) is 5.84. The number of nitrogens with one attached hydrogen (secondary N) is 2. The van der Waals surface area contributed by atoms with E-state index in [1.807, 2.05) is 13.8 Å². The van der Waals surface area contributed by atoms with Crippen molar-refractivity contribution in [2.75, 3.05) is 31.6 Å². The van der Waals surface area contributed by atoms with Crippen LogP contribution in [0.25, 0.3) is 0 Å². The fraction of sp³-hybridized carbons (Fsp3) is 0.550. The van der Waals surface area contributed by atoms with Crippen LogP contribution in [-0.2, 0) is 6.42 Å². The van der Waals surface area contributed by atoms with Gasteiger partial charge in [0.2, 0.25) is 5.89 Å². The number of aromatic nitrogens is 2. The van der Waals surface area contributed by atoms with Crippen molar-refractivity contribution >= 4 is 35.6 Å². The number of guanidine groups is 1. The van der Waals surface area contributed by atoms with Crippen LogP contribution in [0.2, 0.25) is 0 Å². The van der Waals surface area contributed by atoms with Crippen LogP contribution >= 0.6 is 24.0 Å². The first kappa shape index (κ1) is 24.3. The van der Waals surface area contributed by atoms with Crippen LogP contribution in [-0.4, -0.2) is 48.8 Å². The van der Waals surface area contributed by atoms with E-state index in [0.29, 0.717) is 37.9 Å². The molecule has 1 aromatic carbocycles. The van der Waals surface area contributed by atoms with E-state index in [1.54, 1.807) is 11.9 Å². The number of nitrogens with zero attached hydrogens (tertiary/aromatic N) is 4. The lowest BCUT2D eigenvalue weighted by molar-refractivity contribution is 0.368. The van der Waals surface area contributed by atoms with Gasteiger partial charge in [-0.05, 0) is 25.0 Å². The Morgan fingerprint density at radius 1 is 1.33 bits per heavy atom. The number of halogens is 3. The van der Waals surface area contributed by atoms with Crippen molar-refractivity contribution in [3.05, 3.63) is 41.5 Å². The van der Waals surface area contributed by atoms with E-state index in [9.17, 15) is 8.78 Å². The molecule has 1 aliphatic heterocycles. The SMILES string of the molecule is CN=C(NCCCc1nc(C(C)C)no1)NC1CCN(c2c(F)cccc2F)C1.I. The van der Waals surface area contributed by atoms with Crippen LogP contribution in [0, 0.1) is 11.6 Å². The van der Waals surface area contributed by atoms with Gasteiger partial charge >= 0.3 is 0 Å². The first-order valence-corrected chi connectivity index (χ1v) is 9.96. The smallest absolute Gasteiger partial charge is 0.226 e. The minimum Gasteiger partial charge on any atom is -0.365 e. The quantitative estimate of drug-likeness (QED) is 0.245. The molecule has 2 heterocycles. The molecule has 1 atom stereocenters. The molecule has 2 aromatic rings. The largest absolute Gasteiger partial charge is 0.365 e. The van der Waals surface area contributed by atoms with Crippen LogP contribution < -0.4 is 15.5 Å². The summed E-state index contributed by atoms with van der Waals surface area (Å²) < 4.78 is 33.2. The molecule has 0 saturated carbocycles. The summed E-state index contributed by atoms with van der Waals surface area (Å²) in [4.78, 5) is 10.3. The summed E-state index contributed by atoms with van der Waals surface area (Å²) in [6.07, 6.45) is 2.28. The van der Waals surface area contributed by atoms with Crippen molar-refractivity contribution in [1.29, 1.82) is 0 Å². The minimum atomic E-state index is -0.533. The van der Waals surface area contributed by atoms with E-state index < -0.39 is 11.6 Å². The van der Waals surface area contributed by atoms with Gasteiger partial charge in [0, 0.05) is 45.1 Å². The number of hydrogen-bond acceptors (Lipinski definition) is 5. The van der Waals surface area contributed by atoms with Gasteiger partial charge in [-0.15, -0.1) is 24.0 Å². The predicted molar refractivity (Wildman–Crippen MR) is 124 cm³/mol. The number of aliphatic imine (C=N–C) groups is 1. The van der Waals surface area contributed by atoms with Crippen molar-refractivity contribution in [1.82, 2.24) is 20.8 Å². The van der Waals surface area contributed by atoms with E-state index in [2.05, 4.69) is 25.8 Å². The molecule has 1 unspecified atom stereocenters. The summed E-state index contributed by atoms with van der Waals surface area (Å²) >= 11 is 0. The van der Waals surface area contributed by atoms with Gasteiger partial charge in [0.1, 0.15) is 17.3 Å². The highest BCUT2D eigenvalue weighted by Crippen LogP contribution is 2.26. The zero-order chi connectivity index (χ0) is 20.8. The van der Waals surface area contributed by atoms with Crippen molar-refractivity contribution < 1.29 is 13.3 Å². The van der Waals surface area contributed by atoms with E-state index >= 15 is 0 Å². The minimum absolute atomic E-state index is 0. The van der Waals surface area contributed by atoms with E-state index in [4.69, 9.17) is 4.52 Å². The third-order valence-electron chi connectivity index (χ3n) is 4.87. The highest BCUT2D eigenvalue weighted by atomic mass is 127. The Bertz CT molecular complexity index is 824. The van der Waals surface area contributed by atoms with Crippen LogP contribution in [0.15, 0.2) is 27.7 Å². The number of rotatable bonds is 7. The lowest BCUT2D eigenvalue weighted by atomic mass is 10.2. The molecule has 1 saturated heterocycles. The van der Waals surface area contributed by atoms with Gasteiger partial charge in [-0.3, -0.25) is 4.99 Å². The number of hydrogen-bond donors (Lipinski definition) is 2. The normalized spacial score (nSPS) is 16.7. The molecule has 0 amide bonds. The second kappa shape index (κ2) is 11.4. The molecule has 1 aliphatic rings. The van der Waals surface area contributed by atoms with Gasteiger partial charge in [-0.25, -0.2) is 8.78 Å². The average Bonchev–Trinajstić information content (AvgIpc) is 3.34. The first-order valence-electron chi connectivity index (χ1n) is 9.96. The average molecular weight is 534 g/mol. The van der Waals surface area contributed by atoms with Crippen LogP contribution in [0.4, 0.5) is 14.5 Å². The molecule has 0 bridgehead atoms. The standard InChI is InChI=1S/C20H28F2N6O.HI/c1-13(2)19-26-17(29-27-19)8-5-10-24-20(23-3)25-14-9-11-28(12-14)18-15(21)6-4-7-16(18)22;/h4,6-7,13-14H,5,8-12H2,1-3H3,(H2,23,24,25);1H. The summed E-state index contributed by atoms with van der Waals surface area (Å²) in [5, 5.41) is 10.5. The summed E-state index contributed by atoms with van der Waals surface area (Å²) in [5.41, 5.74) is 0.0417. The lowest BCUT2D eigenvalue weighted by Gasteiger charge is -2.21. The van der Waals surface area contributed by atoms with Crippen molar-refractivity contribution in [3.8, 4) is 0 Å². The Balaban J connectivity index is 0.00000320. The van der Waals surface area contributed by atoms with Crippen molar-refractivity contribution in [3.63, 3.8) is 0 Å². The van der Waals surface area contributed by atoms with Crippen LogP contribution in [0.1, 0.15) is 44.3 Å². The molecule has 3 rings (SSSR count). The maximum Gasteiger partial charge on any atom is 0.226 e. The number of para-hydroxylation sites is 1. The first-order chi connectivity index (χ1) is 14.0. The van der Waals surface area contributed by atoms with Crippen LogP contribution in [0.3, 0.4) is 0 Å². The zero-order valence-corrected chi connectivity index (χ0v) is 19.8. The summed E-state index contributed by atoms with van der Waals surface area (Å²) in [7, 11) is 1.70. The molecule has 2 N–H and O–H groups in total. The molecule has 1 fully saturated rings. The topological polar surface area (TPSA) is 78.6 Å². The summed E-state index contributed by atoms with van der Waals surface area (Å²) in [6, 6.07) is 4.01. The Morgan fingerprint density at radius 3 is 2.70 bits per heavy atom. The summed E-state index contributed by atoms with van der Waals surface area (Å²) in [5.74, 6) is 1.21. The maximum atomic E-state index is 14.0. The number of anilines is 1. The van der Waals surface area contributed by atoms with Gasteiger partial charge in [0.25, 0.3) is 0 Å². The van der Waals surface area contributed by atoms with E-state index in [-0.39, 0.29) is 41.6 Å². The van der Waals surface area contributed by atoms with Crippen molar-refractivity contribution in [2.24, 2.45) is 4.99 Å². The molecule has 0 spiro atoms. The Kier molecular flexibility index (Phi) is 9.25. The van der Waals surface area contributed by atoms with Gasteiger partial charge < -0.3 is 20.1 Å². The molecule has 7 nitrogen and oxygen atoms in total. The lowest BCUT2D eigenvalue weighted by Crippen LogP contribution is -2.45. The molecule has 10 heteroatoms. The Morgan fingerprint density at radius 2 is 2.07 bits per heavy atom. The fourth-order valence-electron chi connectivity index (χ4n) is 3.31. The second-order valence-electron chi connectivity index (χ2n) is 7.45. The van der Waals surface area contributed by atoms with Crippen LogP contribution in [0.5, 0.6) is 0 Å².